The topological polar surface area (TPSA) is 84.5 Å². The number of nitrogens with one attached hydrogen (secondary N) is 2. The number of benzene rings is 3. The van der Waals surface area contributed by atoms with E-state index in [0.29, 0.717) is 17.8 Å². The quantitative estimate of drug-likeness (QED) is 0.613. The molecule has 1 atom stereocenters. The Balaban J connectivity index is 1.35. The third kappa shape index (κ3) is 4.69. The summed E-state index contributed by atoms with van der Waals surface area (Å²) in [5.41, 5.74) is 2.06. The van der Waals surface area contributed by atoms with Crippen molar-refractivity contribution in [1.82, 2.24) is 5.32 Å². The highest BCUT2D eigenvalue weighted by Gasteiger charge is 2.23. The Hall–Kier alpha value is -3.39. The molecule has 0 aromatic heterocycles. The molecule has 1 amide bonds. The summed E-state index contributed by atoms with van der Waals surface area (Å²) in [4.78, 5) is 12.4. The molecule has 4 rings (SSSR count). The highest BCUT2D eigenvalue weighted by atomic mass is 32.2. The van der Waals surface area contributed by atoms with Crippen LogP contribution in [0.3, 0.4) is 0 Å². The van der Waals surface area contributed by atoms with Crippen LogP contribution in [0.15, 0.2) is 71.6 Å². The van der Waals surface area contributed by atoms with Crippen molar-refractivity contribution in [1.29, 1.82) is 0 Å². The van der Waals surface area contributed by atoms with Crippen molar-refractivity contribution >= 4 is 21.6 Å². The summed E-state index contributed by atoms with van der Waals surface area (Å²) in [5, 5.41) is 2.84. The molecule has 0 spiro atoms. The lowest BCUT2D eigenvalue weighted by Gasteiger charge is -2.12. The Labute approximate surface area is 180 Å². The zero-order chi connectivity index (χ0) is 22.0. The van der Waals surface area contributed by atoms with Crippen LogP contribution in [0.25, 0.3) is 0 Å². The van der Waals surface area contributed by atoms with E-state index >= 15 is 0 Å². The molecule has 3 aromatic rings. The van der Waals surface area contributed by atoms with Gasteiger partial charge in [0.05, 0.1) is 11.4 Å². The molecule has 0 saturated carbocycles. The van der Waals surface area contributed by atoms with Gasteiger partial charge in [-0.25, -0.2) is 12.8 Å². The molecule has 1 aliphatic rings. The van der Waals surface area contributed by atoms with Crippen LogP contribution in [0.2, 0.25) is 0 Å². The zero-order valence-corrected chi connectivity index (χ0v) is 17.6. The van der Waals surface area contributed by atoms with Crippen LogP contribution in [-0.4, -0.2) is 27.0 Å². The Kier molecular flexibility index (Phi) is 5.65. The molecule has 0 aliphatic carbocycles. The minimum absolute atomic E-state index is 0.0363. The Morgan fingerprint density at radius 1 is 1.10 bits per heavy atom. The number of anilines is 1. The standard InChI is InChI=1S/C23H21FN2O4S/c1-15-12-20(10-11-21(15)24)31(28,29)26-18-8-6-16(7-9-18)23(27)25-14-19-13-17-4-2-3-5-22(17)30-19/h2-12,19,26H,13-14H2,1H3,(H,25,27). The molecular weight excluding hydrogens is 419 g/mol. The number of rotatable bonds is 6. The summed E-state index contributed by atoms with van der Waals surface area (Å²) < 4.78 is 46.6. The van der Waals surface area contributed by atoms with Gasteiger partial charge in [-0.05, 0) is 66.6 Å². The van der Waals surface area contributed by atoms with Crippen LogP contribution >= 0.6 is 0 Å². The van der Waals surface area contributed by atoms with Gasteiger partial charge in [-0.2, -0.15) is 0 Å². The summed E-state index contributed by atoms with van der Waals surface area (Å²) in [7, 11) is -3.87. The van der Waals surface area contributed by atoms with E-state index in [0.717, 1.165) is 23.8 Å². The highest BCUT2D eigenvalue weighted by Crippen LogP contribution is 2.27. The molecule has 8 heteroatoms. The first-order valence-corrected chi connectivity index (χ1v) is 11.2. The van der Waals surface area contributed by atoms with Gasteiger partial charge in [0.2, 0.25) is 0 Å². The van der Waals surface area contributed by atoms with Gasteiger partial charge in [-0.3, -0.25) is 9.52 Å². The number of carbonyl (C=O) groups is 1. The van der Waals surface area contributed by atoms with Crippen molar-refractivity contribution in [3.8, 4) is 5.75 Å². The van der Waals surface area contributed by atoms with E-state index in [1.807, 2.05) is 24.3 Å². The predicted octanol–water partition coefficient (Wildman–Crippen LogP) is 3.67. The van der Waals surface area contributed by atoms with Crippen molar-refractivity contribution < 1.29 is 22.3 Å². The van der Waals surface area contributed by atoms with Gasteiger partial charge in [-0.1, -0.05) is 18.2 Å². The molecular formula is C23H21FN2O4S. The molecule has 160 valence electrons. The lowest BCUT2D eigenvalue weighted by atomic mass is 10.1. The van der Waals surface area contributed by atoms with Crippen molar-refractivity contribution in [2.24, 2.45) is 0 Å². The second-order valence-electron chi connectivity index (χ2n) is 7.36. The number of halogens is 1. The fourth-order valence-electron chi connectivity index (χ4n) is 3.36. The number of amides is 1. The maximum absolute atomic E-state index is 13.4. The number of carbonyl (C=O) groups excluding carboxylic acids is 1. The van der Waals surface area contributed by atoms with Crippen LogP contribution < -0.4 is 14.8 Å². The number of para-hydroxylation sites is 1. The summed E-state index contributed by atoms with van der Waals surface area (Å²) in [6.07, 6.45) is 0.617. The molecule has 6 nitrogen and oxygen atoms in total. The third-order valence-electron chi connectivity index (χ3n) is 5.04. The number of sulfonamides is 1. The minimum Gasteiger partial charge on any atom is -0.488 e. The van der Waals surface area contributed by atoms with Gasteiger partial charge in [0.1, 0.15) is 17.7 Å². The van der Waals surface area contributed by atoms with Crippen molar-refractivity contribution in [3.05, 3.63) is 89.2 Å². The number of aryl methyl sites for hydroxylation is 1. The maximum atomic E-state index is 13.4. The van der Waals surface area contributed by atoms with Gasteiger partial charge < -0.3 is 10.1 Å². The molecule has 2 N–H and O–H groups in total. The zero-order valence-electron chi connectivity index (χ0n) is 16.8. The Morgan fingerprint density at radius 2 is 1.84 bits per heavy atom. The van der Waals surface area contributed by atoms with E-state index in [1.165, 1.54) is 43.3 Å². The lowest BCUT2D eigenvalue weighted by Crippen LogP contribution is -2.34. The maximum Gasteiger partial charge on any atom is 0.261 e. The van der Waals surface area contributed by atoms with Gasteiger partial charge in [0.25, 0.3) is 15.9 Å². The van der Waals surface area contributed by atoms with Gasteiger partial charge in [-0.15, -0.1) is 0 Å². The normalized spacial score (nSPS) is 15.1. The van der Waals surface area contributed by atoms with Gasteiger partial charge in [0.15, 0.2) is 0 Å². The third-order valence-corrected chi connectivity index (χ3v) is 6.42. The SMILES string of the molecule is Cc1cc(S(=O)(=O)Nc2ccc(C(=O)NCC3Cc4ccccc4O3)cc2)ccc1F. The minimum atomic E-state index is -3.87. The van der Waals surface area contributed by atoms with Crippen LogP contribution in [0.5, 0.6) is 5.75 Å². The van der Waals surface area contributed by atoms with E-state index in [4.69, 9.17) is 4.74 Å². The second kappa shape index (κ2) is 8.39. The summed E-state index contributed by atoms with van der Waals surface area (Å²) in [5.74, 6) is 0.0963. The molecule has 0 radical (unpaired) electrons. The molecule has 1 heterocycles. The first kappa shape index (κ1) is 20.9. The average molecular weight is 440 g/mol. The fraction of sp³-hybridized carbons (Fsp3) is 0.174. The largest absolute Gasteiger partial charge is 0.488 e. The molecule has 0 bridgehead atoms. The number of hydrogen-bond donors (Lipinski definition) is 2. The monoisotopic (exact) mass is 440 g/mol. The van der Waals surface area contributed by atoms with Crippen LogP contribution in [0.1, 0.15) is 21.5 Å². The van der Waals surface area contributed by atoms with E-state index in [1.54, 1.807) is 0 Å². The molecule has 0 fully saturated rings. The fourth-order valence-corrected chi connectivity index (χ4v) is 4.51. The van der Waals surface area contributed by atoms with E-state index in [9.17, 15) is 17.6 Å². The average Bonchev–Trinajstić information content (AvgIpc) is 3.17. The Morgan fingerprint density at radius 3 is 2.55 bits per heavy atom. The van der Waals surface area contributed by atoms with Gasteiger partial charge >= 0.3 is 0 Å². The highest BCUT2D eigenvalue weighted by molar-refractivity contribution is 7.92. The Bertz CT molecular complexity index is 1200. The molecule has 1 aliphatic heterocycles. The van der Waals surface area contributed by atoms with E-state index < -0.39 is 15.8 Å². The van der Waals surface area contributed by atoms with E-state index in [2.05, 4.69) is 10.0 Å². The first-order chi connectivity index (χ1) is 14.8. The van der Waals surface area contributed by atoms with Crippen LogP contribution in [0, 0.1) is 12.7 Å². The second-order valence-corrected chi connectivity index (χ2v) is 9.04. The van der Waals surface area contributed by atoms with Crippen molar-refractivity contribution in [3.63, 3.8) is 0 Å². The lowest BCUT2D eigenvalue weighted by molar-refractivity contribution is 0.0933. The smallest absolute Gasteiger partial charge is 0.261 e. The van der Waals surface area contributed by atoms with Gasteiger partial charge in [0, 0.05) is 17.7 Å². The molecule has 31 heavy (non-hydrogen) atoms. The first-order valence-electron chi connectivity index (χ1n) is 9.73. The molecule has 0 saturated heterocycles. The van der Waals surface area contributed by atoms with Crippen molar-refractivity contribution in [2.75, 3.05) is 11.3 Å². The summed E-state index contributed by atoms with van der Waals surface area (Å²) >= 11 is 0. The molecule has 3 aromatic carbocycles. The number of hydrogen-bond acceptors (Lipinski definition) is 4. The summed E-state index contributed by atoms with van der Waals surface area (Å²) in [6, 6.07) is 17.4. The van der Waals surface area contributed by atoms with Crippen molar-refractivity contribution in [2.45, 2.75) is 24.3 Å². The number of fused-ring (bicyclic) bond motifs is 1. The summed E-state index contributed by atoms with van der Waals surface area (Å²) in [6.45, 7) is 1.86. The predicted molar refractivity (Wildman–Crippen MR) is 115 cm³/mol. The van der Waals surface area contributed by atoms with E-state index in [-0.39, 0.29) is 22.5 Å². The molecule has 1 unspecified atom stereocenters. The number of ether oxygens (including phenoxy) is 1. The van der Waals surface area contributed by atoms with Crippen LogP contribution in [0.4, 0.5) is 10.1 Å². The van der Waals surface area contributed by atoms with Crippen LogP contribution in [-0.2, 0) is 16.4 Å².